The first-order valence-corrected chi connectivity index (χ1v) is 9.19. The van der Waals surface area contributed by atoms with E-state index in [-0.39, 0.29) is 25.9 Å². The van der Waals surface area contributed by atoms with E-state index >= 15 is 0 Å². The molecule has 0 fully saturated rings. The molecule has 3 amide bonds. The summed E-state index contributed by atoms with van der Waals surface area (Å²) in [5.41, 5.74) is 6.48. The fourth-order valence-corrected chi connectivity index (χ4v) is 2.64. The number of aromatic amines is 1. The number of rotatable bonds is 11. The van der Waals surface area contributed by atoms with Crippen LogP contribution in [0.25, 0.3) is 0 Å². The summed E-state index contributed by atoms with van der Waals surface area (Å²) in [5.74, 6) is -3.00. The maximum absolute atomic E-state index is 12.8. The van der Waals surface area contributed by atoms with Crippen molar-refractivity contribution >= 4 is 23.7 Å². The molecular weight excluding hydrogens is 392 g/mol. The molecule has 0 saturated heterocycles. The summed E-state index contributed by atoms with van der Waals surface area (Å²) >= 11 is 0. The van der Waals surface area contributed by atoms with Crippen LogP contribution >= 0.6 is 0 Å². The standard InChI is InChI=1S/C19H24N6O5/c20-8-16(26)22-10-17(27)24-14(6-12-4-2-1-3-5-12)18(28)25-15(19(29)30)7-13-9-21-11-23-13/h1-5,9,11,14-15H,6-8,10,20H2,(H,21,23)(H,22,26)(H,24,27)(H,25,28)(H,29,30). The highest BCUT2D eigenvalue weighted by Gasteiger charge is 2.27. The number of carbonyl (C=O) groups excluding carboxylic acids is 3. The van der Waals surface area contributed by atoms with Crippen LogP contribution in [0, 0.1) is 0 Å². The molecule has 1 aromatic carbocycles. The van der Waals surface area contributed by atoms with Crippen molar-refractivity contribution in [1.29, 1.82) is 0 Å². The number of carbonyl (C=O) groups is 4. The number of benzene rings is 1. The first-order valence-electron chi connectivity index (χ1n) is 9.19. The average molecular weight is 416 g/mol. The van der Waals surface area contributed by atoms with E-state index in [1.54, 1.807) is 24.3 Å². The third-order valence-corrected chi connectivity index (χ3v) is 4.16. The Morgan fingerprint density at radius 1 is 1.03 bits per heavy atom. The summed E-state index contributed by atoms with van der Waals surface area (Å²) in [6, 6.07) is 6.68. The molecule has 0 bridgehead atoms. The lowest BCUT2D eigenvalue weighted by Crippen LogP contribution is -2.54. The predicted molar refractivity (Wildman–Crippen MR) is 106 cm³/mol. The number of nitrogens with two attached hydrogens (primary N) is 1. The van der Waals surface area contributed by atoms with Gasteiger partial charge in [0.1, 0.15) is 12.1 Å². The van der Waals surface area contributed by atoms with Crippen molar-refractivity contribution in [3.05, 3.63) is 54.1 Å². The summed E-state index contributed by atoms with van der Waals surface area (Å²) in [7, 11) is 0. The number of nitrogens with one attached hydrogen (secondary N) is 4. The maximum atomic E-state index is 12.8. The van der Waals surface area contributed by atoms with Gasteiger partial charge in [-0.3, -0.25) is 14.4 Å². The van der Waals surface area contributed by atoms with E-state index in [2.05, 4.69) is 25.9 Å². The number of hydrogen-bond donors (Lipinski definition) is 6. The van der Waals surface area contributed by atoms with Crippen LogP contribution in [0.5, 0.6) is 0 Å². The monoisotopic (exact) mass is 416 g/mol. The van der Waals surface area contributed by atoms with Gasteiger partial charge in [0.15, 0.2) is 0 Å². The van der Waals surface area contributed by atoms with Crippen LogP contribution < -0.4 is 21.7 Å². The highest BCUT2D eigenvalue weighted by Crippen LogP contribution is 2.05. The number of carboxylic acid groups (broad SMARTS) is 1. The highest BCUT2D eigenvalue weighted by atomic mass is 16.4. The fourth-order valence-electron chi connectivity index (χ4n) is 2.64. The summed E-state index contributed by atoms with van der Waals surface area (Å²) in [6.07, 6.45) is 3.01. The van der Waals surface area contributed by atoms with E-state index in [0.717, 1.165) is 5.56 Å². The van der Waals surface area contributed by atoms with E-state index < -0.39 is 35.8 Å². The number of amides is 3. The topological polar surface area (TPSA) is 179 Å². The Bertz CT molecular complexity index is 856. The lowest BCUT2D eigenvalue weighted by Gasteiger charge is -2.21. The quantitative estimate of drug-likeness (QED) is 0.253. The lowest BCUT2D eigenvalue weighted by molar-refractivity contribution is -0.142. The largest absolute Gasteiger partial charge is 0.480 e. The number of carboxylic acids is 1. The Labute approximate surface area is 172 Å². The predicted octanol–water partition coefficient (Wildman–Crippen LogP) is -1.68. The van der Waals surface area contributed by atoms with E-state index in [1.807, 2.05) is 6.07 Å². The van der Waals surface area contributed by atoms with Gasteiger partial charge in [-0.2, -0.15) is 0 Å². The Morgan fingerprint density at radius 3 is 2.37 bits per heavy atom. The van der Waals surface area contributed by atoms with E-state index in [4.69, 9.17) is 5.73 Å². The van der Waals surface area contributed by atoms with Gasteiger partial charge < -0.3 is 31.8 Å². The van der Waals surface area contributed by atoms with Crippen molar-refractivity contribution in [3.8, 4) is 0 Å². The third kappa shape index (κ3) is 7.36. The molecule has 0 saturated carbocycles. The number of imidazole rings is 1. The molecule has 0 aliphatic carbocycles. The summed E-state index contributed by atoms with van der Waals surface area (Å²) in [4.78, 5) is 54.4. The SMILES string of the molecule is NCC(=O)NCC(=O)NC(Cc1ccccc1)C(=O)NC(Cc1cnc[nH]1)C(=O)O. The number of aliphatic carboxylic acids is 1. The van der Waals surface area contributed by atoms with E-state index in [9.17, 15) is 24.3 Å². The first kappa shape index (κ1) is 22.6. The smallest absolute Gasteiger partial charge is 0.326 e. The Morgan fingerprint density at radius 2 is 1.77 bits per heavy atom. The van der Waals surface area contributed by atoms with Crippen molar-refractivity contribution in [2.75, 3.05) is 13.1 Å². The second kappa shape index (κ2) is 11.3. The van der Waals surface area contributed by atoms with Gasteiger partial charge in [-0.25, -0.2) is 9.78 Å². The molecule has 1 heterocycles. The van der Waals surface area contributed by atoms with Crippen LogP contribution in [-0.4, -0.2) is 63.9 Å². The molecule has 0 aliphatic heterocycles. The zero-order valence-corrected chi connectivity index (χ0v) is 16.1. The maximum Gasteiger partial charge on any atom is 0.326 e. The summed E-state index contributed by atoms with van der Waals surface area (Å²) in [6.45, 7) is -0.625. The van der Waals surface area contributed by atoms with Gasteiger partial charge in [0.05, 0.1) is 19.4 Å². The second-order valence-corrected chi connectivity index (χ2v) is 6.47. The van der Waals surface area contributed by atoms with Gasteiger partial charge in [0.2, 0.25) is 17.7 Å². The molecule has 30 heavy (non-hydrogen) atoms. The van der Waals surface area contributed by atoms with Crippen molar-refractivity contribution < 1.29 is 24.3 Å². The molecular formula is C19H24N6O5. The number of H-pyrrole nitrogens is 1. The zero-order valence-electron chi connectivity index (χ0n) is 16.1. The average Bonchev–Trinajstić information content (AvgIpc) is 3.24. The summed E-state index contributed by atoms with van der Waals surface area (Å²) in [5, 5.41) is 16.7. The van der Waals surface area contributed by atoms with Crippen LogP contribution in [0.2, 0.25) is 0 Å². The molecule has 1 aromatic heterocycles. The van der Waals surface area contributed by atoms with Gasteiger partial charge in [0, 0.05) is 24.7 Å². The molecule has 0 radical (unpaired) electrons. The Kier molecular flexibility index (Phi) is 8.51. The zero-order chi connectivity index (χ0) is 21.9. The number of aromatic nitrogens is 2. The molecule has 11 heteroatoms. The van der Waals surface area contributed by atoms with E-state index in [0.29, 0.717) is 5.69 Å². The fraction of sp³-hybridized carbons (Fsp3) is 0.316. The lowest BCUT2D eigenvalue weighted by atomic mass is 10.0. The Hall–Kier alpha value is -3.73. The minimum Gasteiger partial charge on any atom is -0.480 e. The van der Waals surface area contributed by atoms with Crippen molar-refractivity contribution in [3.63, 3.8) is 0 Å². The minimum absolute atomic E-state index is 0.000363. The molecule has 2 unspecified atom stereocenters. The molecule has 0 aliphatic rings. The third-order valence-electron chi connectivity index (χ3n) is 4.16. The number of nitrogens with zero attached hydrogens (tertiary/aromatic N) is 1. The van der Waals surface area contributed by atoms with Crippen molar-refractivity contribution in [2.45, 2.75) is 24.9 Å². The molecule has 2 atom stereocenters. The van der Waals surface area contributed by atoms with Crippen LogP contribution in [0.1, 0.15) is 11.3 Å². The first-order chi connectivity index (χ1) is 14.4. The molecule has 2 aromatic rings. The number of hydrogen-bond acceptors (Lipinski definition) is 6. The van der Waals surface area contributed by atoms with Gasteiger partial charge in [0.25, 0.3) is 0 Å². The van der Waals surface area contributed by atoms with Gasteiger partial charge in [-0.05, 0) is 5.56 Å². The van der Waals surface area contributed by atoms with Crippen LogP contribution in [0.4, 0.5) is 0 Å². The summed E-state index contributed by atoms with van der Waals surface area (Å²) < 4.78 is 0. The normalized spacial score (nSPS) is 12.4. The minimum atomic E-state index is -1.22. The van der Waals surface area contributed by atoms with Gasteiger partial charge in [-0.1, -0.05) is 30.3 Å². The second-order valence-electron chi connectivity index (χ2n) is 6.47. The van der Waals surface area contributed by atoms with Crippen molar-refractivity contribution in [2.24, 2.45) is 5.73 Å². The molecule has 160 valence electrons. The molecule has 2 rings (SSSR count). The Balaban J connectivity index is 2.08. The van der Waals surface area contributed by atoms with Crippen LogP contribution in [-0.2, 0) is 32.0 Å². The van der Waals surface area contributed by atoms with Crippen molar-refractivity contribution in [1.82, 2.24) is 25.9 Å². The van der Waals surface area contributed by atoms with E-state index in [1.165, 1.54) is 12.5 Å². The highest BCUT2D eigenvalue weighted by molar-refractivity contribution is 5.92. The van der Waals surface area contributed by atoms with Gasteiger partial charge >= 0.3 is 5.97 Å². The van der Waals surface area contributed by atoms with Crippen LogP contribution in [0.3, 0.4) is 0 Å². The van der Waals surface area contributed by atoms with Gasteiger partial charge in [-0.15, -0.1) is 0 Å². The van der Waals surface area contributed by atoms with Crippen LogP contribution in [0.15, 0.2) is 42.9 Å². The molecule has 7 N–H and O–H groups in total. The molecule has 11 nitrogen and oxygen atoms in total. The molecule has 0 spiro atoms.